The van der Waals surface area contributed by atoms with Crippen molar-refractivity contribution in [3.05, 3.63) is 36.0 Å². The predicted molar refractivity (Wildman–Crippen MR) is 177 cm³/mol. The summed E-state index contributed by atoms with van der Waals surface area (Å²) in [5.41, 5.74) is 1.62. The molecule has 0 aliphatic rings. The Bertz CT molecular complexity index is 1500. The number of amides is 5. The summed E-state index contributed by atoms with van der Waals surface area (Å²) in [5.74, 6) is -3.08. The van der Waals surface area contributed by atoms with Gasteiger partial charge in [-0.05, 0) is 29.9 Å². The third kappa shape index (κ3) is 14.8. The van der Waals surface area contributed by atoms with Gasteiger partial charge in [-0.3, -0.25) is 28.5 Å². The van der Waals surface area contributed by atoms with Crippen LogP contribution in [0.25, 0.3) is 10.9 Å². The molecule has 2 aromatic rings. The molecule has 0 spiro atoms. The van der Waals surface area contributed by atoms with Crippen molar-refractivity contribution in [1.82, 2.24) is 31.6 Å². The van der Waals surface area contributed by atoms with Crippen molar-refractivity contribution in [2.45, 2.75) is 72.0 Å². The second-order valence-corrected chi connectivity index (χ2v) is 13.0. The monoisotopic (exact) mass is 696 g/mol. The number of carbonyl (C=O) groups excluding carboxylic acids is 5. The fourth-order valence-corrected chi connectivity index (χ4v) is 4.88. The average molecular weight is 697 g/mol. The van der Waals surface area contributed by atoms with Gasteiger partial charge in [-0.15, -0.1) is 0 Å². The van der Waals surface area contributed by atoms with Gasteiger partial charge in [-0.1, -0.05) is 52.3 Å². The molecule has 0 saturated carbocycles. The Hall–Kier alpha value is -4.06. The van der Waals surface area contributed by atoms with Gasteiger partial charge in [0, 0.05) is 37.2 Å². The highest BCUT2D eigenvalue weighted by Crippen LogP contribution is 2.18. The topological polar surface area (TPSA) is 234 Å². The lowest BCUT2D eigenvalue weighted by Gasteiger charge is -2.24. The molecule has 268 valence electrons. The lowest BCUT2D eigenvalue weighted by molar-refractivity contribution is -0.132. The van der Waals surface area contributed by atoms with Crippen LogP contribution in [0, 0.1) is 11.8 Å². The fraction of sp³-hybridized carbons (Fsp3) is 0.581. The summed E-state index contributed by atoms with van der Waals surface area (Å²) in [4.78, 5) is 66.5. The van der Waals surface area contributed by atoms with Crippen LogP contribution >= 0.6 is 0 Å². The molecule has 5 amide bonds. The minimum Gasteiger partial charge on any atom is -0.379 e. The number of para-hydroxylation sites is 1. The number of H-pyrrole nitrogens is 1. The van der Waals surface area contributed by atoms with Gasteiger partial charge < -0.3 is 36.3 Å². The lowest BCUT2D eigenvalue weighted by atomic mass is 9.98. The van der Waals surface area contributed by atoms with Crippen LogP contribution in [0.3, 0.4) is 0 Å². The molecule has 48 heavy (non-hydrogen) atoms. The van der Waals surface area contributed by atoms with Crippen LogP contribution < -0.4 is 26.6 Å². The first-order valence-corrected chi connectivity index (χ1v) is 17.1. The maximum absolute atomic E-state index is 13.1. The minimum atomic E-state index is -4.97. The number of rotatable bonds is 21. The Labute approximate surface area is 280 Å². The van der Waals surface area contributed by atoms with E-state index in [2.05, 4.69) is 35.8 Å². The van der Waals surface area contributed by atoms with Crippen LogP contribution in [0.4, 0.5) is 0 Å². The van der Waals surface area contributed by atoms with Crippen LogP contribution in [0.2, 0.25) is 0 Å². The highest BCUT2D eigenvalue weighted by atomic mass is 32.3. The van der Waals surface area contributed by atoms with Gasteiger partial charge in [-0.2, -0.15) is 8.42 Å². The van der Waals surface area contributed by atoms with Crippen LogP contribution in [-0.4, -0.2) is 98.5 Å². The maximum Gasteiger partial charge on any atom is 0.397 e. The Kier molecular flexibility index (Phi) is 16.5. The summed E-state index contributed by atoms with van der Waals surface area (Å²) >= 11 is 0. The van der Waals surface area contributed by atoms with E-state index in [4.69, 9.17) is 9.29 Å². The third-order valence-electron chi connectivity index (χ3n) is 7.39. The first-order chi connectivity index (χ1) is 22.6. The molecule has 1 heterocycles. The normalized spacial score (nSPS) is 14.1. The zero-order chi connectivity index (χ0) is 35.9. The molecular formula is C31H48N6O10S. The average Bonchev–Trinajstić information content (AvgIpc) is 3.42. The SMILES string of the molecule is CC[C@H](C)[C@H](NC(=O)Cc1c[nH]c2ccccc12)C(=O)NCC(=O)N[C@@H](COS(=O)(=O)O)C(=O)NC[C@@H](COCCC(C)C)NC(C)=O. The summed E-state index contributed by atoms with van der Waals surface area (Å²) in [6.45, 7) is 7.75. The largest absolute Gasteiger partial charge is 0.397 e. The van der Waals surface area contributed by atoms with Gasteiger partial charge in [0.2, 0.25) is 29.5 Å². The van der Waals surface area contributed by atoms with Crippen molar-refractivity contribution in [3.8, 4) is 0 Å². The maximum atomic E-state index is 13.1. The van der Waals surface area contributed by atoms with E-state index in [1.165, 1.54) is 6.92 Å². The Morgan fingerprint density at radius 1 is 0.938 bits per heavy atom. The summed E-state index contributed by atoms with van der Waals surface area (Å²) in [5, 5.41) is 13.5. The molecule has 2 rings (SSSR count). The van der Waals surface area contributed by atoms with Crippen LogP contribution in [0.1, 0.15) is 53.0 Å². The fourth-order valence-electron chi connectivity index (χ4n) is 4.57. The first kappa shape index (κ1) is 40.1. The molecule has 0 bridgehead atoms. The molecule has 16 nitrogen and oxygen atoms in total. The first-order valence-electron chi connectivity index (χ1n) is 15.7. The Balaban J connectivity index is 2.00. The van der Waals surface area contributed by atoms with E-state index in [-0.39, 0.29) is 31.4 Å². The zero-order valence-corrected chi connectivity index (χ0v) is 28.8. The molecule has 7 N–H and O–H groups in total. The van der Waals surface area contributed by atoms with E-state index >= 15 is 0 Å². The van der Waals surface area contributed by atoms with E-state index in [9.17, 15) is 32.4 Å². The number of ether oxygens (including phenoxy) is 1. The Morgan fingerprint density at radius 3 is 2.29 bits per heavy atom. The highest BCUT2D eigenvalue weighted by molar-refractivity contribution is 7.80. The standard InChI is InChI=1S/C31H48N6O10S/c1-6-20(4)29(37-27(39)13-22-14-32-25-10-8-7-9-24(22)25)31(42)34-16-28(40)36-26(18-47-48(43,44)45)30(41)33-15-23(35-21(5)38)17-46-12-11-19(2)3/h7-10,14,19-20,23,26,29,32H,6,11-13,15-18H2,1-5H3,(H,33,41)(H,34,42)(H,35,38)(H,36,40)(H,37,39)(H,43,44,45)/t20-,23-,26-,29-/m0/s1. The number of carbonyl (C=O) groups is 5. The number of fused-ring (bicyclic) bond motifs is 1. The summed E-state index contributed by atoms with van der Waals surface area (Å²) in [7, 11) is -4.97. The smallest absolute Gasteiger partial charge is 0.379 e. The molecule has 0 fully saturated rings. The Morgan fingerprint density at radius 2 is 1.65 bits per heavy atom. The quantitative estimate of drug-likeness (QED) is 0.0699. The molecule has 0 saturated heterocycles. The number of hydrogen-bond acceptors (Lipinski definition) is 9. The number of nitrogens with one attached hydrogen (secondary N) is 6. The number of aromatic amines is 1. The van der Waals surface area contributed by atoms with Gasteiger partial charge >= 0.3 is 10.4 Å². The van der Waals surface area contributed by atoms with Crippen molar-refractivity contribution in [3.63, 3.8) is 0 Å². The molecule has 1 aromatic carbocycles. The molecule has 1 aromatic heterocycles. The molecule has 4 atom stereocenters. The van der Waals surface area contributed by atoms with Gasteiger partial charge in [-0.25, -0.2) is 4.18 Å². The van der Waals surface area contributed by atoms with Crippen molar-refractivity contribution in [1.29, 1.82) is 0 Å². The minimum absolute atomic E-state index is 0.0160. The van der Waals surface area contributed by atoms with E-state index in [1.54, 1.807) is 13.1 Å². The van der Waals surface area contributed by atoms with E-state index < -0.39 is 65.3 Å². The number of benzene rings is 1. The molecule has 0 unspecified atom stereocenters. The van der Waals surface area contributed by atoms with Crippen LogP contribution in [-0.2, 0) is 49.7 Å². The van der Waals surface area contributed by atoms with Crippen LogP contribution in [0.5, 0.6) is 0 Å². The summed E-state index contributed by atoms with van der Waals surface area (Å²) in [6.07, 6.45) is 3.07. The van der Waals surface area contributed by atoms with Gasteiger partial charge in [0.25, 0.3) is 0 Å². The van der Waals surface area contributed by atoms with Gasteiger partial charge in [0.1, 0.15) is 12.1 Å². The van der Waals surface area contributed by atoms with Crippen molar-refractivity contribution >= 4 is 50.8 Å². The molecular weight excluding hydrogens is 648 g/mol. The number of hydrogen-bond donors (Lipinski definition) is 7. The molecule has 0 radical (unpaired) electrons. The van der Waals surface area contributed by atoms with E-state index in [1.807, 2.05) is 45.0 Å². The second-order valence-electron chi connectivity index (χ2n) is 11.9. The van der Waals surface area contributed by atoms with E-state index in [0.717, 1.165) is 22.9 Å². The predicted octanol–water partition coefficient (Wildman–Crippen LogP) is 0.345. The second kappa shape index (κ2) is 19.7. The summed E-state index contributed by atoms with van der Waals surface area (Å²) in [6, 6.07) is 4.26. The highest BCUT2D eigenvalue weighted by Gasteiger charge is 2.28. The lowest BCUT2D eigenvalue weighted by Crippen LogP contribution is -2.56. The van der Waals surface area contributed by atoms with Crippen molar-refractivity contribution in [2.24, 2.45) is 11.8 Å². The van der Waals surface area contributed by atoms with Gasteiger partial charge in [0.15, 0.2) is 0 Å². The van der Waals surface area contributed by atoms with E-state index in [0.29, 0.717) is 18.9 Å². The van der Waals surface area contributed by atoms with Gasteiger partial charge in [0.05, 0.1) is 32.2 Å². The van der Waals surface area contributed by atoms with Crippen molar-refractivity contribution in [2.75, 3.05) is 32.9 Å². The molecule has 17 heteroatoms. The van der Waals surface area contributed by atoms with Crippen molar-refractivity contribution < 1.29 is 45.9 Å². The zero-order valence-electron chi connectivity index (χ0n) is 28.0. The number of aromatic nitrogens is 1. The third-order valence-corrected chi connectivity index (χ3v) is 7.82. The molecule has 0 aliphatic carbocycles. The van der Waals surface area contributed by atoms with Crippen LogP contribution in [0.15, 0.2) is 30.5 Å². The molecule has 0 aliphatic heterocycles. The summed E-state index contributed by atoms with van der Waals surface area (Å²) < 4.78 is 41.3.